The van der Waals surface area contributed by atoms with Gasteiger partial charge in [0.2, 0.25) is 0 Å². The van der Waals surface area contributed by atoms with Crippen molar-refractivity contribution in [3.8, 4) is 5.75 Å². The summed E-state index contributed by atoms with van der Waals surface area (Å²) >= 11 is 0. The molecule has 23 heavy (non-hydrogen) atoms. The van der Waals surface area contributed by atoms with Crippen molar-refractivity contribution < 1.29 is 14.1 Å². The van der Waals surface area contributed by atoms with E-state index in [0.29, 0.717) is 30.3 Å². The van der Waals surface area contributed by atoms with Gasteiger partial charge in [-0.05, 0) is 19.9 Å². The Kier molecular flexibility index (Phi) is 3.94. The van der Waals surface area contributed by atoms with E-state index in [1.54, 1.807) is 29.5 Å². The minimum atomic E-state index is -0.159. The van der Waals surface area contributed by atoms with E-state index in [1.165, 1.54) is 6.07 Å². The smallest absolute Gasteiger partial charge is 0.276 e. The Morgan fingerprint density at radius 2 is 2.13 bits per heavy atom. The van der Waals surface area contributed by atoms with Crippen molar-refractivity contribution in [1.82, 2.24) is 14.6 Å². The maximum Gasteiger partial charge on any atom is 0.276 e. The molecule has 0 radical (unpaired) electrons. The number of ether oxygens (including phenoxy) is 1. The largest absolute Gasteiger partial charge is 0.488 e. The zero-order chi connectivity index (χ0) is 16.6. The molecule has 0 aliphatic carbocycles. The van der Waals surface area contributed by atoms with Crippen molar-refractivity contribution in [3.05, 3.63) is 45.7 Å². The summed E-state index contributed by atoms with van der Waals surface area (Å²) in [6.07, 6.45) is 0.593. The lowest BCUT2D eigenvalue weighted by molar-refractivity contribution is 0.0762. The Labute approximate surface area is 133 Å². The molecule has 0 saturated carbocycles. The van der Waals surface area contributed by atoms with Crippen molar-refractivity contribution in [3.63, 3.8) is 0 Å². The molecule has 122 valence electrons. The summed E-state index contributed by atoms with van der Waals surface area (Å²) in [5, 5.41) is 3.75. The second-order valence-electron chi connectivity index (χ2n) is 5.83. The third kappa shape index (κ3) is 3.13. The van der Waals surface area contributed by atoms with Crippen LogP contribution in [0.15, 0.2) is 27.5 Å². The van der Waals surface area contributed by atoms with Gasteiger partial charge in [-0.1, -0.05) is 5.16 Å². The van der Waals surface area contributed by atoms with Crippen LogP contribution < -0.4 is 10.3 Å². The van der Waals surface area contributed by atoms with E-state index in [-0.39, 0.29) is 17.6 Å². The molecule has 1 aliphatic heterocycles. The number of amides is 1. The van der Waals surface area contributed by atoms with Gasteiger partial charge in [0.1, 0.15) is 17.6 Å². The summed E-state index contributed by atoms with van der Waals surface area (Å²) in [7, 11) is 1.72. The molecule has 1 atom stereocenters. The molecule has 3 heterocycles. The molecule has 0 spiro atoms. The Morgan fingerprint density at radius 3 is 2.78 bits per heavy atom. The molecule has 2 aromatic rings. The minimum Gasteiger partial charge on any atom is -0.488 e. The van der Waals surface area contributed by atoms with E-state index < -0.39 is 0 Å². The molecular weight excluding hydrogens is 298 g/mol. The lowest BCUT2D eigenvalue weighted by Gasteiger charge is -2.16. The van der Waals surface area contributed by atoms with Gasteiger partial charge in [0.25, 0.3) is 11.5 Å². The summed E-state index contributed by atoms with van der Waals surface area (Å²) < 4.78 is 12.4. The molecule has 1 amide bonds. The number of aryl methyl sites for hydroxylation is 2. The standard InChI is InChI=1S/C16H19N3O4/c1-10-6-13(8-15(20)18(10)3)22-12-4-5-19(9-12)16(21)14-7-11(2)23-17-14/h6-8,12H,4-5,9H2,1-3H3. The summed E-state index contributed by atoms with van der Waals surface area (Å²) in [4.78, 5) is 25.8. The van der Waals surface area contributed by atoms with E-state index in [9.17, 15) is 9.59 Å². The molecule has 2 aromatic heterocycles. The molecule has 0 aromatic carbocycles. The highest BCUT2D eigenvalue weighted by Crippen LogP contribution is 2.19. The molecule has 7 heteroatoms. The Bertz CT molecular complexity index is 793. The summed E-state index contributed by atoms with van der Waals surface area (Å²) in [6, 6.07) is 4.92. The van der Waals surface area contributed by atoms with Crippen molar-refractivity contribution in [2.75, 3.05) is 13.1 Å². The first-order chi connectivity index (χ1) is 10.9. The van der Waals surface area contributed by atoms with Crippen LogP contribution in [-0.4, -0.2) is 39.7 Å². The third-order valence-electron chi connectivity index (χ3n) is 4.06. The molecular formula is C16H19N3O4. The van der Waals surface area contributed by atoms with Crippen molar-refractivity contribution in [1.29, 1.82) is 0 Å². The van der Waals surface area contributed by atoms with Crippen molar-refractivity contribution in [2.45, 2.75) is 26.4 Å². The molecule has 1 unspecified atom stereocenters. The second kappa shape index (κ2) is 5.91. The normalized spacial score (nSPS) is 17.5. The Morgan fingerprint density at radius 1 is 1.35 bits per heavy atom. The molecule has 1 saturated heterocycles. The predicted octanol–water partition coefficient (Wildman–Crippen LogP) is 1.28. The Hall–Kier alpha value is -2.57. The predicted molar refractivity (Wildman–Crippen MR) is 82.6 cm³/mol. The van der Waals surface area contributed by atoms with Gasteiger partial charge in [-0.15, -0.1) is 0 Å². The van der Waals surface area contributed by atoms with E-state index in [1.807, 2.05) is 13.0 Å². The quantitative estimate of drug-likeness (QED) is 0.852. The number of hydrogen-bond donors (Lipinski definition) is 0. The molecule has 1 aliphatic rings. The van der Waals surface area contributed by atoms with Crippen LogP contribution in [0.4, 0.5) is 0 Å². The third-order valence-corrected chi connectivity index (χ3v) is 4.06. The highest BCUT2D eigenvalue weighted by molar-refractivity contribution is 5.92. The maximum atomic E-state index is 12.3. The van der Waals surface area contributed by atoms with Crippen molar-refractivity contribution in [2.24, 2.45) is 7.05 Å². The number of carbonyl (C=O) groups is 1. The van der Waals surface area contributed by atoms with Crippen LogP contribution in [0.25, 0.3) is 0 Å². The monoisotopic (exact) mass is 317 g/mol. The average molecular weight is 317 g/mol. The van der Waals surface area contributed by atoms with Gasteiger partial charge in [-0.25, -0.2) is 0 Å². The van der Waals surface area contributed by atoms with Crippen LogP contribution in [0.3, 0.4) is 0 Å². The number of hydrogen-bond acceptors (Lipinski definition) is 5. The zero-order valence-electron chi connectivity index (χ0n) is 13.4. The van der Waals surface area contributed by atoms with Gasteiger partial charge < -0.3 is 18.7 Å². The highest BCUT2D eigenvalue weighted by Gasteiger charge is 2.29. The second-order valence-corrected chi connectivity index (χ2v) is 5.83. The summed E-state index contributed by atoms with van der Waals surface area (Å²) in [5.74, 6) is 0.992. The van der Waals surface area contributed by atoms with Gasteiger partial charge in [0.15, 0.2) is 5.69 Å². The zero-order valence-corrected chi connectivity index (χ0v) is 13.4. The average Bonchev–Trinajstić information content (AvgIpc) is 3.13. The van der Waals surface area contributed by atoms with Crippen LogP contribution >= 0.6 is 0 Å². The topological polar surface area (TPSA) is 77.6 Å². The molecule has 3 rings (SSSR count). The highest BCUT2D eigenvalue weighted by atomic mass is 16.5. The SMILES string of the molecule is Cc1cc(C(=O)N2CCC(Oc3cc(C)n(C)c(=O)c3)C2)no1. The van der Waals surface area contributed by atoms with Gasteiger partial charge in [-0.2, -0.15) is 0 Å². The van der Waals surface area contributed by atoms with Gasteiger partial charge >= 0.3 is 0 Å². The van der Waals surface area contributed by atoms with Gasteiger partial charge in [-0.3, -0.25) is 9.59 Å². The van der Waals surface area contributed by atoms with E-state index in [2.05, 4.69) is 5.16 Å². The number of nitrogens with zero attached hydrogens (tertiary/aromatic N) is 3. The van der Waals surface area contributed by atoms with Crippen LogP contribution in [0.5, 0.6) is 5.75 Å². The van der Waals surface area contributed by atoms with Crippen LogP contribution in [-0.2, 0) is 7.05 Å². The summed E-state index contributed by atoms with van der Waals surface area (Å²) in [5.41, 5.74) is 1.04. The van der Waals surface area contributed by atoms with Crippen LogP contribution in [0.1, 0.15) is 28.4 Å². The number of pyridine rings is 1. The first-order valence-electron chi connectivity index (χ1n) is 7.51. The summed E-state index contributed by atoms with van der Waals surface area (Å²) in [6.45, 7) is 4.67. The first kappa shape index (κ1) is 15.3. The fourth-order valence-electron chi connectivity index (χ4n) is 2.64. The number of aromatic nitrogens is 2. The minimum absolute atomic E-state index is 0.107. The maximum absolute atomic E-state index is 12.3. The van der Waals surface area contributed by atoms with Crippen LogP contribution in [0, 0.1) is 13.8 Å². The Balaban J connectivity index is 1.66. The fourth-order valence-corrected chi connectivity index (χ4v) is 2.64. The van der Waals surface area contributed by atoms with Gasteiger partial charge in [0.05, 0.1) is 6.54 Å². The molecule has 1 fully saturated rings. The van der Waals surface area contributed by atoms with Gasteiger partial charge in [0, 0.05) is 37.8 Å². The van der Waals surface area contributed by atoms with Crippen LogP contribution in [0.2, 0.25) is 0 Å². The number of rotatable bonds is 3. The lowest BCUT2D eigenvalue weighted by atomic mass is 10.3. The van der Waals surface area contributed by atoms with E-state index >= 15 is 0 Å². The molecule has 0 N–H and O–H groups in total. The molecule has 7 nitrogen and oxygen atoms in total. The number of likely N-dealkylation sites (tertiary alicyclic amines) is 1. The molecule has 0 bridgehead atoms. The lowest BCUT2D eigenvalue weighted by Crippen LogP contribution is -2.31. The fraction of sp³-hybridized carbons (Fsp3) is 0.438. The van der Waals surface area contributed by atoms with E-state index in [4.69, 9.17) is 9.26 Å². The van der Waals surface area contributed by atoms with Crippen molar-refractivity contribution >= 4 is 5.91 Å². The number of carbonyl (C=O) groups excluding carboxylic acids is 1. The first-order valence-corrected chi connectivity index (χ1v) is 7.51. The van der Waals surface area contributed by atoms with E-state index in [0.717, 1.165) is 12.1 Å².